The summed E-state index contributed by atoms with van der Waals surface area (Å²) in [5.74, 6) is -1.98. The first-order chi connectivity index (χ1) is 16.9. The third-order valence-electron chi connectivity index (χ3n) is 6.17. The van der Waals surface area contributed by atoms with E-state index in [9.17, 15) is 9.59 Å². The third kappa shape index (κ3) is 5.27. The Hall–Kier alpha value is -2.15. The zero-order valence-corrected chi connectivity index (χ0v) is 23.3. The molecule has 0 heterocycles. The Labute approximate surface area is 234 Å². The van der Waals surface area contributed by atoms with Gasteiger partial charge >= 0.3 is 0 Å². The van der Waals surface area contributed by atoms with E-state index >= 15 is 0 Å². The highest BCUT2D eigenvalue weighted by Crippen LogP contribution is 2.65. The predicted molar refractivity (Wildman–Crippen MR) is 151 cm³/mol. The maximum atomic E-state index is 13.1. The molecular weight excluding hydrogens is 564 g/mol. The lowest BCUT2D eigenvalue weighted by atomic mass is 10.1. The zero-order chi connectivity index (χ0) is 26.4. The quantitative estimate of drug-likeness (QED) is 0.256. The Morgan fingerprint density at radius 2 is 1.53 bits per heavy atom. The van der Waals surface area contributed by atoms with E-state index in [-0.39, 0.29) is 16.5 Å². The Morgan fingerprint density at radius 3 is 2.17 bits per heavy atom. The monoisotopic (exact) mass is 583 g/mol. The van der Waals surface area contributed by atoms with Crippen LogP contribution in [0, 0.1) is 19.8 Å². The van der Waals surface area contributed by atoms with Gasteiger partial charge in [0.25, 0.3) is 5.91 Å². The molecule has 36 heavy (non-hydrogen) atoms. The Bertz CT molecular complexity index is 1350. The summed E-state index contributed by atoms with van der Waals surface area (Å²) in [5, 5.41) is 9.76. The van der Waals surface area contributed by atoms with Crippen LogP contribution in [-0.4, -0.2) is 23.2 Å². The fourth-order valence-electron chi connectivity index (χ4n) is 4.15. The van der Waals surface area contributed by atoms with Crippen molar-refractivity contribution in [3.8, 4) is 0 Å². The average Bonchev–Trinajstić information content (AvgIpc) is 3.41. The van der Waals surface area contributed by atoms with Crippen molar-refractivity contribution in [2.75, 3.05) is 23.0 Å². The average molecular weight is 586 g/mol. The molecule has 2 unspecified atom stereocenters. The number of alkyl halides is 2. The fourth-order valence-corrected chi connectivity index (χ4v) is 5.56. The van der Waals surface area contributed by atoms with Crippen molar-refractivity contribution >= 4 is 86.9 Å². The summed E-state index contributed by atoms with van der Waals surface area (Å²) in [7, 11) is 1.82. The number of rotatable bonds is 6. The second-order valence-electron chi connectivity index (χ2n) is 8.68. The van der Waals surface area contributed by atoms with Crippen LogP contribution in [0.2, 0.25) is 15.1 Å². The lowest BCUT2D eigenvalue weighted by Gasteiger charge is -2.12. The lowest BCUT2D eigenvalue weighted by Crippen LogP contribution is -2.18. The van der Waals surface area contributed by atoms with Crippen LogP contribution in [0.25, 0.3) is 0 Å². The molecular formula is C26H22Cl5N3O2. The van der Waals surface area contributed by atoms with E-state index in [1.165, 1.54) is 6.07 Å². The normalized spacial score (nSPS) is 17.9. The van der Waals surface area contributed by atoms with Crippen molar-refractivity contribution in [2.45, 2.75) is 24.1 Å². The molecule has 0 bridgehead atoms. The molecule has 5 nitrogen and oxygen atoms in total. The molecule has 1 aliphatic carbocycles. The molecule has 0 spiro atoms. The van der Waals surface area contributed by atoms with Crippen LogP contribution in [0.4, 0.5) is 17.1 Å². The van der Waals surface area contributed by atoms with Gasteiger partial charge < -0.3 is 16.0 Å². The number of anilines is 3. The first kappa shape index (κ1) is 26.9. The van der Waals surface area contributed by atoms with Gasteiger partial charge in [0.05, 0.1) is 26.5 Å². The maximum absolute atomic E-state index is 13.1. The smallest absolute Gasteiger partial charge is 0.257 e. The van der Waals surface area contributed by atoms with E-state index in [4.69, 9.17) is 58.0 Å². The summed E-state index contributed by atoms with van der Waals surface area (Å²) in [4.78, 5) is 26.1. The Kier molecular flexibility index (Phi) is 7.70. The van der Waals surface area contributed by atoms with E-state index in [2.05, 4.69) is 16.0 Å². The van der Waals surface area contributed by atoms with Crippen molar-refractivity contribution in [3.05, 3.63) is 85.9 Å². The van der Waals surface area contributed by atoms with Gasteiger partial charge in [0.15, 0.2) is 0 Å². The Balaban J connectivity index is 1.51. The van der Waals surface area contributed by atoms with Crippen LogP contribution in [0.5, 0.6) is 0 Å². The van der Waals surface area contributed by atoms with Gasteiger partial charge in [0.2, 0.25) is 5.91 Å². The minimum absolute atomic E-state index is 0.210. The number of hydrogen-bond acceptors (Lipinski definition) is 3. The topological polar surface area (TPSA) is 70.2 Å². The second-order valence-corrected chi connectivity index (χ2v) is 11.3. The van der Waals surface area contributed by atoms with E-state index in [0.717, 1.165) is 22.4 Å². The van der Waals surface area contributed by atoms with E-state index < -0.39 is 22.1 Å². The number of benzene rings is 3. The molecule has 3 aromatic carbocycles. The largest absolute Gasteiger partial charge is 0.388 e. The molecule has 2 amide bonds. The summed E-state index contributed by atoms with van der Waals surface area (Å²) >= 11 is 31.6. The van der Waals surface area contributed by atoms with Gasteiger partial charge in [-0.3, -0.25) is 9.59 Å². The van der Waals surface area contributed by atoms with E-state index in [1.54, 1.807) is 24.3 Å². The number of nitrogens with one attached hydrogen (secondary N) is 3. The summed E-state index contributed by atoms with van der Waals surface area (Å²) in [6, 6.07) is 13.7. The number of carbonyl (C=O) groups excluding carboxylic acids is 2. The summed E-state index contributed by atoms with van der Waals surface area (Å²) in [6.07, 6.45) is 0. The number of aryl methyl sites for hydroxylation is 2. The van der Waals surface area contributed by atoms with Crippen molar-refractivity contribution in [2.24, 2.45) is 5.92 Å². The van der Waals surface area contributed by atoms with Crippen LogP contribution in [0.3, 0.4) is 0 Å². The second kappa shape index (κ2) is 10.3. The first-order valence-electron chi connectivity index (χ1n) is 11.0. The highest BCUT2D eigenvalue weighted by molar-refractivity contribution is 6.53. The molecule has 3 N–H and O–H groups in total. The lowest BCUT2D eigenvalue weighted by molar-refractivity contribution is -0.117. The van der Waals surface area contributed by atoms with Gasteiger partial charge in [-0.05, 0) is 73.0 Å². The van der Waals surface area contributed by atoms with Gasteiger partial charge in [-0.25, -0.2) is 0 Å². The van der Waals surface area contributed by atoms with Crippen LogP contribution in [-0.2, 0) is 4.79 Å². The van der Waals surface area contributed by atoms with Crippen molar-refractivity contribution in [1.82, 2.24) is 0 Å². The van der Waals surface area contributed by atoms with Crippen LogP contribution in [0.15, 0.2) is 48.5 Å². The summed E-state index contributed by atoms with van der Waals surface area (Å²) in [6.45, 7) is 3.71. The number of halogens is 5. The molecule has 0 radical (unpaired) electrons. The van der Waals surface area contributed by atoms with Crippen molar-refractivity contribution in [1.29, 1.82) is 0 Å². The molecule has 1 aliphatic rings. The number of hydrogen-bond donors (Lipinski definition) is 3. The number of amides is 2. The van der Waals surface area contributed by atoms with E-state index in [1.807, 2.05) is 39.1 Å². The summed E-state index contributed by atoms with van der Waals surface area (Å²) in [5.41, 5.74) is 4.54. The summed E-state index contributed by atoms with van der Waals surface area (Å²) < 4.78 is -1.31. The molecule has 4 rings (SSSR count). The highest BCUT2D eigenvalue weighted by atomic mass is 35.5. The minimum Gasteiger partial charge on any atom is -0.388 e. The predicted octanol–water partition coefficient (Wildman–Crippen LogP) is 8.08. The number of carbonyl (C=O) groups is 2. The third-order valence-corrected chi connectivity index (χ3v) is 8.34. The van der Waals surface area contributed by atoms with Gasteiger partial charge in [0, 0.05) is 30.0 Å². The highest BCUT2D eigenvalue weighted by Gasteiger charge is 2.67. The van der Waals surface area contributed by atoms with Gasteiger partial charge in [0.1, 0.15) is 4.33 Å². The maximum Gasteiger partial charge on any atom is 0.257 e. The standard InChI is InChI=1S/C26H22Cl5N3O2/c1-12-9-15(32-3)5-7-20(12)34-24(35)17-11-16(4-6-18(17)27)33-25(36)22-21(26(22,30)31)14-8-13(2)23(29)19(28)10-14/h4-11,21-22,32H,1-3H3,(H,33,36)(H,34,35). The molecule has 2 atom stereocenters. The molecule has 3 aromatic rings. The molecule has 188 valence electrons. The zero-order valence-electron chi connectivity index (χ0n) is 19.5. The van der Waals surface area contributed by atoms with Crippen LogP contribution in [0.1, 0.15) is 33.0 Å². The van der Waals surface area contributed by atoms with Crippen molar-refractivity contribution < 1.29 is 9.59 Å². The van der Waals surface area contributed by atoms with Gasteiger partial charge in [-0.1, -0.05) is 40.9 Å². The molecule has 0 aliphatic heterocycles. The fraction of sp³-hybridized carbons (Fsp3) is 0.231. The molecule has 1 fully saturated rings. The molecule has 10 heteroatoms. The van der Waals surface area contributed by atoms with Crippen LogP contribution < -0.4 is 16.0 Å². The van der Waals surface area contributed by atoms with Gasteiger partial charge in [-0.15, -0.1) is 23.2 Å². The van der Waals surface area contributed by atoms with Crippen LogP contribution >= 0.6 is 58.0 Å². The molecule has 1 saturated carbocycles. The molecule has 0 saturated heterocycles. The van der Waals surface area contributed by atoms with Gasteiger partial charge in [-0.2, -0.15) is 0 Å². The Morgan fingerprint density at radius 1 is 0.833 bits per heavy atom. The SMILES string of the molecule is CNc1ccc(NC(=O)c2cc(NC(=O)C3C(c4cc(C)c(Cl)c(Cl)c4)C3(Cl)Cl)ccc2Cl)c(C)c1. The van der Waals surface area contributed by atoms with Crippen molar-refractivity contribution in [3.63, 3.8) is 0 Å². The molecule has 0 aromatic heterocycles. The van der Waals surface area contributed by atoms with E-state index in [0.29, 0.717) is 21.4 Å². The minimum atomic E-state index is -1.31. The first-order valence-corrected chi connectivity index (χ1v) is 12.9.